The molecule has 0 unspecified atom stereocenters. The molecule has 0 fully saturated rings. The summed E-state index contributed by atoms with van der Waals surface area (Å²) < 4.78 is 5.84. The van der Waals surface area contributed by atoms with Crippen LogP contribution in [0.5, 0.6) is 5.75 Å². The lowest BCUT2D eigenvalue weighted by Gasteiger charge is -2.10. The molecule has 0 aliphatic carbocycles. The fourth-order valence-electron chi connectivity index (χ4n) is 1.71. The van der Waals surface area contributed by atoms with Gasteiger partial charge in [0.15, 0.2) is 0 Å². The van der Waals surface area contributed by atoms with Gasteiger partial charge in [-0.05, 0) is 30.0 Å². The first-order valence-corrected chi connectivity index (χ1v) is 7.48. The van der Waals surface area contributed by atoms with Crippen molar-refractivity contribution in [3.8, 4) is 5.75 Å². The number of para-hydroxylation sites is 1. The van der Waals surface area contributed by atoms with Crippen molar-refractivity contribution in [3.05, 3.63) is 59.7 Å². The highest BCUT2D eigenvalue weighted by molar-refractivity contribution is 7.98. The molecule has 19 heavy (non-hydrogen) atoms. The van der Waals surface area contributed by atoms with E-state index in [1.54, 1.807) is 11.8 Å². The predicted octanol–water partition coefficient (Wildman–Crippen LogP) is 3.62. The van der Waals surface area contributed by atoms with Crippen molar-refractivity contribution in [3.63, 3.8) is 0 Å². The van der Waals surface area contributed by atoms with Gasteiger partial charge >= 0.3 is 0 Å². The Balaban J connectivity index is 2.10. The lowest BCUT2D eigenvalue weighted by molar-refractivity contribution is 0.299. The van der Waals surface area contributed by atoms with Gasteiger partial charge in [0, 0.05) is 10.5 Å². The SMILES string of the molecule is CSc1ccccc1OCc1cccc(C(N)=S)c1. The smallest absolute Gasteiger partial charge is 0.133 e. The summed E-state index contributed by atoms with van der Waals surface area (Å²) in [6.45, 7) is 0.508. The summed E-state index contributed by atoms with van der Waals surface area (Å²) in [5.74, 6) is 0.899. The number of thiocarbonyl (C=S) groups is 1. The lowest BCUT2D eigenvalue weighted by Crippen LogP contribution is -2.09. The molecule has 2 N–H and O–H groups in total. The number of ether oxygens (including phenoxy) is 1. The third-order valence-electron chi connectivity index (χ3n) is 2.67. The number of hydrogen-bond acceptors (Lipinski definition) is 3. The number of benzene rings is 2. The summed E-state index contributed by atoms with van der Waals surface area (Å²) in [5, 5.41) is 0. The minimum atomic E-state index is 0.409. The Labute approximate surface area is 123 Å². The number of nitrogens with two attached hydrogens (primary N) is 1. The van der Waals surface area contributed by atoms with Gasteiger partial charge in [0.1, 0.15) is 17.3 Å². The van der Waals surface area contributed by atoms with Crippen molar-refractivity contribution in [2.45, 2.75) is 11.5 Å². The second-order valence-electron chi connectivity index (χ2n) is 4.00. The second-order valence-corrected chi connectivity index (χ2v) is 5.29. The zero-order chi connectivity index (χ0) is 13.7. The first kappa shape index (κ1) is 13.9. The van der Waals surface area contributed by atoms with Crippen LogP contribution in [0.3, 0.4) is 0 Å². The van der Waals surface area contributed by atoms with E-state index in [9.17, 15) is 0 Å². The summed E-state index contributed by atoms with van der Waals surface area (Å²) in [6, 6.07) is 15.8. The van der Waals surface area contributed by atoms with Crippen LogP contribution in [0.2, 0.25) is 0 Å². The molecule has 0 heterocycles. The highest BCUT2D eigenvalue weighted by Gasteiger charge is 2.03. The molecule has 0 saturated heterocycles. The minimum absolute atomic E-state index is 0.409. The molecule has 4 heteroatoms. The molecule has 0 aromatic heterocycles. The van der Waals surface area contributed by atoms with E-state index in [-0.39, 0.29) is 0 Å². The molecule has 0 saturated carbocycles. The van der Waals surface area contributed by atoms with Crippen molar-refractivity contribution in [1.29, 1.82) is 0 Å². The summed E-state index contributed by atoms with van der Waals surface area (Å²) in [7, 11) is 0. The van der Waals surface area contributed by atoms with Gasteiger partial charge in [0.25, 0.3) is 0 Å². The van der Waals surface area contributed by atoms with Crippen LogP contribution in [-0.2, 0) is 6.61 Å². The summed E-state index contributed by atoms with van der Waals surface area (Å²) >= 11 is 6.65. The highest BCUT2D eigenvalue weighted by atomic mass is 32.2. The molecule has 0 aliphatic heterocycles. The maximum atomic E-state index is 5.84. The number of rotatable bonds is 5. The fraction of sp³-hybridized carbons (Fsp3) is 0.133. The van der Waals surface area contributed by atoms with Gasteiger partial charge in [-0.1, -0.05) is 42.5 Å². The Morgan fingerprint density at radius 3 is 2.74 bits per heavy atom. The maximum absolute atomic E-state index is 5.84. The van der Waals surface area contributed by atoms with Gasteiger partial charge < -0.3 is 10.5 Å². The van der Waals surface area contributed by atoms with Gasteiger partial charge in [0.2, 0.25) is 0 Å². The van der Waals surface area contributed by atoms with Crippen LogP contribution in [0.15, 0.2) is 53.4 Å². The standard InChI is InChI=1S/C15H15NOS2/c1-19-14-8-3-2-7-13(14)17-10-11-5-4-6-12(9-11)15(16)18/h2-9H,10H2,1H3,(H2,16,18). The van der Waals surface area contributed by atoms with Crippen LogP contribution in [0.4, 0.5) is 0 Å². The van der Waals surface area contributed by atoms with Crippen molar-refractivity contribution >= 4 is 29.0 Å². The fourth-order valence-corrected chi connectivity index (χ4v) is 2.38. The van der Waals surface area contributed by atoms with Gasteiger partial charge in [-0.15, -0.1) is 11.8 Å². The van der Waals surface area contributed by atoms with Gasteiger partial charge in [-0.2, -0.15) is 0 Å². The van der Waals surface area contributed by atoms with Crippen molar-refractivity contribution in [2.24, 2.45) is 5.73 Å². The number of thioether (sulfide) groups is 1. The van der Waals surface area contributed by atoms with Gasteiger partial charge in [0.05, 0.1) is 0 Å². The number of hydrogen-bond donors (Lipinski definition) is 1. The maximum Gasteiger partial charge on any atom is 0.133 e. The molecule has 2 aromatic carbocycles. The van der Waals surface area contributed by atoms with Crippen molar-refractivity contribution in [1.82, 2.24) is 0 Å². The molecule has 0 bridgehead atoms. The molecule has 0 amide bonds. The van der Waals surface area contributed by atoms with Crippen LogP contribution >= 0.6 is 24.0 Å². The molecule has 2 nitrogen and oxygen atoms in total. The second kappa shape index (κ2) is 6.59. The molecule has 0 aliphatic rings. The normalized spacial score (nSPS) is 10.2. The largest absolute Gasteiger partial charge is 0.488 e. The van der Waals surface area contributed by atoms with E-state index in [1.807, 2.05) is 54.8 Å². The van der Waals surface area contributed by atoms with E-state index in [1.165, 1.54) is 0 Å². The van der Waals surface area contributed by atoms with E-state index in [0.717, 1.165) is 21.8 Å². The van der Waals surface area contributed by atoms with E-state index >= 15 is 0 Å². The first-order chi connectivity index (χ1) is 9.20. The van der Waals surface area contributed by atoms with E-state index < -0.39 is 0 Å². The average molecular weight is 289 g/mol. The van der Waals surface area contributed by atoms with E-state index in [2.05, 4.69) is 0 Å². The highest BCUT2D eigenvalue weighted by Crippen LogP contribution is 2.27. The van der Waals surface area contributed by atoms with E-state index in [4.69, 9.17) is 22.7 Å². The summed E-state index contributed by atoms with van der Waals surface area (Å²) in [6.07, 6.45) is 2.04. The third-order valence-corrected chi connectivity index (χ3v) is 3.69. The molecule has 0 spiro atoms. The average Bonchev–Trinajstić information content (AvgIpc) is 2.45. The molecule has 0 atom stereocenters. The molecule has 98 valence electrons. The Bertz CT molecular complexity index is 584. The van der Waals surface area contributed by atoms with Crippen molar-refractivity contribution < 1.29 is 4.74 Å². The molecule has 2 aromatic rings. The Morgan fingerprint density at radius 1 is 1.21 bits per heavy atom. The van der Waals surface area contributed by atoms with Crippen LogP contribution in [0.25, 0.3) is 0 Å². The van der Waals surface area contributed by atoms with Crippen molar-refractivity contribution in [2.75, 3.05) is 6.26 Å². The zero-order valence-corrected chi connectivity index (χ0v) is 12.3. The first-order valence-electron chi connectivity index (χ1n) is 5.85. The van der Waals surface area contributed by atoms with Gasteiger partial charge in [-0.3, -0.25) is 0 Å². The molecule has 2 rings (SSSR count). The topological polar surface area (TPSA) is 35.2 Å². The monoisotopic (exact) mass is 289 g/mol. The molecule has 0 radical (unpaired) electrons. The Morgan fingerprint density at radius 2 is 2.00 bits per heavy atom. The molecular weight excluding hydrogens is 274 g/mol. The zero-order valence-electron chi connectivity index (χ0n) is 10.6. The quantitative estimate of drug-likeness (QED) is 0.673. The Kier molecular flexibility index (Phi) is 4.82. The third kappa shape index (κ3) is 3.72. The Hall–Kier alpha value is -1.52. The predicted molar refractivity (Wildman–Crippen MR) is 84.9 cm³/mol. The van der Waals surface area contributed by atoms with Crippen LogP contribution in [0, 0.1) is 0 Å². The summed E-state index contributed by atoms with van der Waals surface area (Å²) in [5.41, 5.74) is 7.55. The lowest BCUT2D eigenvalue weighted by atomic mass is 10.1. The van der Waals surface area contributed by atoms with Gasteiger partial charge in [-0.25, -0.2) is 0 Å². The minimum Gasteiger partial charge on any atom is -0.488 e. The molecular formula is C15H15NOS2. The van der Waals surface area contributed by atoms with Crippen LogP contribution in [0.1, 0.15) is 11.1 Å². The summed E-state index contributed by atoms with van der Waals surface area (Å²) in [4.78, 5) is 1.54. The van der Waals surface area contributed by atoms with E-state index in [0.29, 0.717) is 11.6 Å². The van der Waals surface area contributed by atoms with Crippen LogP contribution < -0.4 is 10.5 Å². The van der Waals surface area contributed by atoms with Crippen LogP contribution in [-0.4, -0.2) is 11.2 Å².